The summed E-state index contributed by atoms with van der Waals surface area (Å²) < 4.78 is 0. The smallest absolute Gasteiger partial charge is 0.173 e. The summed E-state index contributed by atoms with van der Waals surface area (Å²) in [6.45, 7) is 15.4. The molecular formula is C12H16O. The monoisotopic (exact) mass is 176 g/mol. The van der Waals surface area contributed by atoms with Crippen LogP contribution in [0.25, 0.3) is 0 Å². The summed E-state index contributed by atoms with van der Waals surface area (Å²) in [5.74, 6) is 0.155. The van der Waals surface area contributed by atoms with Crippen molar-refractivity contribution in [1.29, 1.82) is 0 Å². The first kappa shape index (κ1) is 9.97. The lowest BCUT2D eigenvalue weighted by Gasteiger charge is -2.25. The Bertz CT molecular complexity index is 318. The fourth-order valence-electron chi connectivity index (χ4n) is 1.74. The number of allylic oxidation sites excluding steroid dienone is 4. The van der Waals surface area contributed by atoms with Gasteiger partial charge in [-0.2, -0.15) is 0 Å². The van der Waals surface area contributed by atoms with Crippen molar-refractivity contribution in [3.8, 4) is 0 Å². The minimum absolute atomic E-state index is 0.155. The third-order valence-electron chi connectivity index (χ3n) is 3.27. The lowest BCUT2D eigenvalue weighted by atomic mass is 9.76. The molecule has 0 saturated heterocycles. The standard InChI is InChI=1S/C12H16O/c1-7(2)12(6)10(5)8(3)9(4)11(12)13/h1,5H2,2-4,6H3. The molecule has 0 aromatic heterocycles. The van der Waals surface area contributed by atoms with Crippen LogP contribution in [0.4, 0.5) is 0 Å². The molecule has 0 radical (unpaired) electrons. The zero-order chi connectivity index (χ0) is 10.4. The Morgan fingerprint density at radius 3 is 1.92 bits per heavy atom. The summed E-state index contributed by atoms with van der Waals surface area (Å²) in [7, 11) is 0. The van der Waals surface area contributed by atoms with Crippen LogP contribution in [0.15, 0.2) is 35.5 Å². The molecule has 1 rings (SSSR count). The summed E-state index contributed by atoms with van der Waals surface area (Å²) >= 11 is 0. The predicted molar refractivity (Wildman–Crippen MR) is 55.4 cm³/mol. The van der Waals surface area contributed by atoms with E-state index in [1.165, 1.54) is 0 Å². The number of Topliss-reactive ketones (excluding diaryl/α,β-unsaturated/α-hetero) is 1. The Morgan fingerprint density at radius 1 is 1.31 bits per heavy atom. The van der Waals surface area contributed by atoms with Gasteiger partial charge >= 0.3 is 0 Å². The van der Waals surface area contributed by atoms with Crippen molar-refractivity contribution in [3.63, 3.8) is 0 Å². The van der Waals surface area contributed by atoms with Gasteiger partial charge in [-0.25, -0.2) is 0 Å². The molecule has 1 aliphatic rings. The van der Waals surface area contributed by atoms with Crippen LogP contribution in [0.3, 0.4) is 0 Å². The zero-order valence-corrected chi connectivity index (χ0v) is 8.82. The highest BCUT2D eigenvalue weighted by Crippen LogP contribution is 2.46. The van der Waals surface area contributed by atoms with Crippen molar-refractivity contribution < 1.29 is 4.79 Å². The second kappa shape index (κ2) is 2.69. The van der Waals surface area contributed by atoms with Gasteiger partial charge in [-0.3, -0.25) is 4.79 Å². The molecule has 0 heterocycles. The van der Waals surface area contributed by atoms with Crippen molar-refractivity contribution in [3.05, 3.63) is 35.5 Å². The van der Waals surface area contributed by atoms with Crippen LogP contribution >= 0.6 is 0 Å². The minimum atomic E-state index is -0.547. The Kier molecular flexibility index (Phi) is 2.07. The highest BCUT2D eigenvalue weighted by molar-refractivity contribution is 6.08. The van der Waals surface area contributed by atoms with Gasteiger partial charge in [0, 0.05) is 0 Å². The van der Waals surface area contributed by atoms with E-state index in [-0.39, 0.29) is 5.78 Å². The van der Waals surface area contributed by atoms with E-state index in [1.807, 2.05) is 27.7 Å². The summed E-state index contributed by atoms with van der Waals surface area (Å²) in [5, 5.41) is 0. The van der Waals surface area contributed by atoms with Gasteiger partial charge in [0.2, 0.25) is 0 Å². The second-order valence-corrected chi connectivity index (χ2v) is 3.96. The molecule has 0 N–H and O–H groups in total. The Hall–Kier alpha value is -1.11. The zero-order valence-electron chi connectivity index (χ0n) is 8.82. The third kappa shape index (κ3) is 1.03. The molecule has 70 valence electrons. The molecule has 0 amide bonds. The Morgan fingerprint density at radius 2 is 1.77 bits per heavy atom. The van der Waals surface area contributed by atoms with Crippen molar-refractivity contribution in [1.82, 2.24) is 0 Å². The Balaban J connectivity index is 3.33. The molecule has 0 bridgehead atoms. The van der Waals surface area contributed by atoms with Crippen LogP contribution < -0.4 is 0 Å². The van der Waals surface area contributed by atoms with Gasteiger partial charge in [-0.1, -0.05) is 18.7 Å². The number of rotatable bonds is 1. The SMILES string of the molecule is C=C(C)C1(C)C(=C)C(C)=C(C)C1=O. The molecule has 0 aliphatic heterocycles. The van der Waals surface area contributed by atoms with Gasteiger partial charge in [0.25, 0.3) is 0 Å². The second-order valence-electron chi connectivity index (χ2n) is 3.96. The van der Waals surface area contributed by atoms with Gasteiger partial charge < -0.3 is 0 Å². The predicted octanol–water partition coefficient (Wildman–Crippen LogP) is 3.04. The molecule has 0 fully saturated rings. The van der Waals surface area contributed by atoms with Gasteiger partial charge in [0.1, 0.15) is 0 Å². The first-order valence-corrected chi connectivity index (χ1v) is 4.41. The van der Waals surface area contributed by atoms with E-state index >= 15 is 0 Å². The molecule has 1 unspecified atom stereocenters. The highest BCUT2D eigenvalue weighted by atomic mass is 16.1. The molecule has 0 spiro atoms. The van der Waals surface area contributed by atoms with E-state index in [0.717, 1.165) is 22.3 Å². The van der Waals surface area contributed by atoms with Crippen LogP contribution in [-0.4, -0.2) is 5.78 Å². The van der Waals surface area contributed by atoms with Crippen molar-refractivity contribution >= 4 is 5.78 Å². The molecular weight excluding hydrogens is 160 g/mol. The van der Waals surface area contributed by atoms with E-state index in [4.69, 9.17) is 0 Å². The van der Waals surface area contributed by atoms with E-state index in [9.17, 15) is 4.79 Å². The van der Waals surface area contributed by atoms with E-state index < -0.39 is 5.41 Å². The minimum Gasteiger partial charge on any atom is -0.293 e. The topological polar surface area (TPSA) is 17.1 Å². The molecule has 1 nitrogen and oxygen atoms in total. The highest BCUT2D eigenvalue weighted by Gasteiger charge is 2.43. The van der Waals surface area contributed by atoms with E-state index in [2.05, 4.69) is 13.2 Å². The lowest BCUT2D eigenvalue weighted by Crippen LogP contribution is -2.26. The molecule has 0 saturated carbocycles. The molecule has 1 aliphatic carbocycles. The van der Waals surface area contributed by atoms with Gasteiger partial charge in [0.15, 0.2) is 5.78 Å². The van der Waals surface area contributed by atoms with Crippen LogP contribution in [0.2, 0.25) is 0 Å². The van der Waals surface area contributed by atoms with Gasteiger partial charge in [-0.15, -0.1) is 0 Å². The number of carbonyl (C=O) groups is 1. The molecule has 1 atom stereocenters. The first-order chi connectivity index (χ1) is 5.83. The maximum atomic E-state index is 11.9. The molecule has 0 aromatic carbocycles. The third-order valence-corrected chi connectivity index (χ3v) is 3.27. The van der Waals surface area contributed by atoms with Crippen LogP contribution in [0, 0.1) is 5.41 Å². The summed E-state index contributed by atoms with van der Waals surface area (Å²) in [6, 6.07) is 0. The summed E-state index contributed by atoms with van der Waals surface area (Å²) in [5.41, 5.74) is 3.08. The molecule has 13 heavy (non-hydrogen) atoms. The number of hydrogen-bond donors (Lipinski definition) is 0. The first-order valence-electron chi connectivity index (χ1n) is 4.41. The van der Waals surface area contributed by atoms with Crippen molar-refractivity contribution in [2.75, 3.05) is 0 Å². The molecule has 0 aromatic rings. The Labute approximate surface area is 79.8 Å². The van der Waals surface area contributed by atoms with Crippen molar-refractivity contribution in [2.24, 2.45) is 5.41 Å². The van der Waals surface area contributed by atoms with Crippen molar-refractivity contribution in [2.45, 2.75) is 27.7 Å². The summed E-state index contributed by atoms with van der Waals surface area (Å²) in [4.78, 5) is 11.9. The average molecular weight is 176 g/mol. The maximum absolute atomic E-state index is 11.9. The normalized spacial score (nSPS) is 28.6. The average Bonchev–Trinajstić information content (AvgIpc) is 2.22. The van der Waals surface area contributed by atoms with E-state index in [1.54, 1.807) is 0 Å². The maximum Gasteiger partial charge on any atom is 0.173 e. The lowest BCUT2D eigenvalue weighted by molar-refractivity contribution is -0.119. The van der Waals surface area contributed by atoms with Crippen LogP contribution in [-0.2, 0) is 4.79 Å². The largest absolute Gasteiger partial charge is 0.293 e. The number of carbonyl (C=O) groups excluding carboxylic acids is 1. The molecule has 1 heteroatoms. The number of ketones is 1. The number of hydrogen-bond acceptors (Lipinski definition) is 1. The van der Waals surface area contributed by atoms with Gasteiger partial charge in [0.05, 0.1) is 5.41 Å². The van der Waals surface area contributed by atoms with E-state index in [0.29, 0.717) is 0 Å². The quantitative estimate of drug-likeness (QED) is 0.561. The van der Waals surface area contributed by atoms with Crippen LogP contribution in [0.5, 0.6) is 0 Å². The van der Waals surface area contributed by atoms with Crippen LogP contribution in [0.1, 0.15) is 27.7 Å². The fourth-order valence-corrected chi connectivity index (χ4v) is 1.74. The fraction of sp³-hybridized carbons (Fsp3) is 0.417. The summed E-state index contributed by atoms with van der Waals surface area (Å²) in [6.07, 6.45) is 0. The van der Waals surface area contributed by atoms with Gasteiger partial charge in [-0.05, 0) is 44.4 Å².